The zero-order chi connectivity index (χ0) is 15.7. The van der Waals surface area contributed by atoms with E-state index in [0.717, 1.165) is 18.8 Å². The third-order valence-electron chi connectivity index (χ3n) is 3.64. The Morgan fingerprint density at radius 1 is 1.23 bits per heavy atom. The van der Waals surface area contributed by atoms with Gasteiger partial charge in [-0.2, -0.15) is 0 Å². The summed E-state index contributed by atoms with van der Waals surface area (Å²) in [5, 5.41) is 0.961. The van der Waals surface area contributed by atoms with Gasteiger partial charge in [-0.25, -0.2) is 4.98 Å². The van der Waals surface area contributed by atoms with Gasteiger partial charge in [-0.05, 0) is 59.8 Å². The predicted molar refractivity (Wildman–Crippen MR) is 99.3 cm³/mol. The first-order chi connectivity index (χ1) is 10.6. The second-order valence-electron chi connectivity index (χ2n) is 5.12. The monoisotopic (exact) mass is 422 g/mol. The van der Waals surface area contributed by atoms with Crippen molar-refractivity contribution in [3.63, 3.8) is 0 Å². The highest BCUT2D eigenvalue weighted by atomic mass is 127. The number of para-hydroxylation sites is 1. The summed E-state index contributed by atoms with van der Waals surface area (Å²) in [6.45, 7) is 2.02. The molecule has 3 nitrogen and oxygen atoms in total. The molecule has 0 saturated heterocycles. The van der Waals surface area contributed by atoms with Crippen LogP contribution in [0, 0.1) is 3.57 Å². The molecule has 5 heteroatoms. The maximum Gasteiger partial charge on any atom is 0.254 e. The SMILES string of the molecule is C[C@H](c1nc2ccccc2s1)N(C)C(=O)c1cccc(I)c1. The molecule has 0 aliphatic heterocycles. The van der Waals surface area contributed by atoms with Crippen LogP contribution in [0.5, 0.6) is 0 Å². The first-order valence-corrected chi connectivity index (χ1v) is 8.84. The van der Waals surface area contributed by atoms with Gasteiger partial charge in [0.1, 0.15) is 5.01 Å². The van der Waals surface area contributed by atoms with Crippen molar-refractivity contribution in [3.8, 4) is 0 Å². The van der Waals surface area contributed by atoms with E-state index < -0.39 is 0 Å². The first-order valence-electron chi connectivity index (χ1n) is 6.94. The molecule has 0 spiro atoms. The van der Waals surface area contributed by atoms with E-state index in [2.05, 4.69) is 33.6 Å². The van der Waals surface area contributed by atoms with Crippen molar-refractivity contribution in [2.24, 2.45) is 0 Å². The second kappa shape index (κ2) is 6.34. The number of carbonyl (C=O) groups excluding carboxylic acids is 1. The molecule has 0 fully saturated rings. The van der Waals surface area contributed by atoms with E-state index in [4.69, 9.17) is 0 Å². The Kier molecular flexibility index (Phi) is 4.44. The molecular weight excluding hydrogens is 407 g/mol. The number of halogens is 1. The number of nitrogens with zero attached hydrogens (tertiary/aromatic N) is 2. The summed E-state index contributed by atoms with van der Waals surface area (Å²) >= 11 is 3.86. The summed E-state index contributed by atoms with van der Waals surface area (Å²) in [5.41, 5.74) is 1.70. The van der Waals surface area contributed by atoms with E-state index in [9.17, 15) is 4.79 Å². The maximum absolute atomic E-state index is 12.6. The fourth-order valence-electron chi connectivity index (χ4n) is 2.24. The third-order valence-corrected chi connectivity index (χ3v) is 5.52. The maximum atomic E-state index is 12.6. The van der Waals surface area contributed by atoms with Crippen LogP contribution in [0.1, 0.15) is 28.3 Å². The van der Waals surface area contributed by atoms with E-state index in [1.165, 1.54) is 0 Å². The van der Waals surface area contributed by atoms with Gasteiger partial charge in [0.25, 0.3) is 5.91 Å². The molecule has 0 N–H and O–H groups in total. The third kappa shape index (κ3) is 3.01. The number of carbonyl (C=O) groups is 1. The van der Waals surface area contributed by atoms with Crippen LogP contribution >= 0.6 is 33.9 Å². The number of hydrogen-bond acceptors (Lipinski definition) is 3. The highest BCUT2D eigenvalue weighted by Gasteiger charge is 2.21. The summed E-state index contributed by atoms with van der Waals surface area (Å²) in [5.74, 6) is 0.0188. The number of hydrogen-bond donors (Lipinski definition) is 0. The van der Waals surface area contributed by atoms with Gasteiger partial charge in [-0.1, -0.05) is 18.2 Å². The Labute approximate surface area is 147 Å². The normalized spacial score (nSPS) is 12.3. The lowest BCUT2D eigenvalue weighted by molar-refractivity contribution is 0.0742. The molecular formula is C17H15IN2OS. The number of thiazole rings is 1. The highest BCUT2D eigenvalue weighted by molar-refractivity contribution is 14.1. The standard InChI is InChI=1S/C17H15IN2OS/c1-11(16-19-14-8-3-4-9-15(14)22-16)20(2)17(21)12-6-5-7-13(18)10-12/h3-11H,1-2H3/t11-/m1/s1. The van der Waals surface area contributed by atoms with Crippen molar-refractivity contribution >= 4 is 50.1 Å². The lowest BCUT2D eigenvalue weighted by Crippen LogP contribution is -2.29. The zero-order valence-electron chi connectivity index (χ0n) is 12.3. The van der Waals surface area contributed by atoms with Gasteiger partial charge in [0, 0.05) is 16.2 Å². The van der Waals surface area contributed by atoms with Gasteiger partial charge in [-0.3, -0.25) is 4.79 Å². The number of amides is 1. The van der Waals surface area contributed by atoms with Gasteiger partial charge in [0.05, 0.1) is 16.3 Å². The number of rotatable bonds is 3. The van der Waals surface area contributed by atoms with Crippen LogP contribution in [0.4, 0.5) is 0 Å². The van der Waals surface area contributed by atoms with Crippen molar-refractivity contribution in [3.05, 3.63) is 62.7 Å². The molecule has 1 heterocycles. The van der Waals surface area contributed by atoms with Crippen molar-refractivity contribution in [2.45, 2.75) is 13.0 Å². The summed E-state index contributed by atoms with van der Waals surface area (Å²) in [7, 11) is 1.83. The minimum atomic E-state index is -0.0530. The average Bonchev–Trinajstić information content (AvgIpc) is 2.96. The van der Waals surface area contributed by atoms with Crippen LogP contribution in [0.3, 0.4) is 0 Å². The average molecular weight is 422 g/mol. The van der Waals surface area contributed by atoms with Gasteiger partial charge in [0.2, 0.25) is 0 Å². The topological polar surface area (TPSA) is 33.2 Å². The summed E-state index contributed by atoms with van der Waals surface area (Å²) in [4.78, 5) is 19.0. The Morgan fingerprint density at radius 3 is 2.73 bits per heavy atom. The molecule has 3 aromatic rings. The molecule has 0 aliphatic carbocycles. The largest absolute Gasteiger partial charge is 0.333 e. The molecule has 0 radical (unpaired) electrons. The van der Waals surface area contributed by atoms with E-state index >= 15 is 0 Å². The summed E-state index contributed by atoms with van der Waals surface area (Å²) in [6, 6.07) is 15.7. The smallest absolute Gasteiger partial charge is 0.254 e. The molecule has 0 aliphatic rings. The van der Waals surface area contributed by atoms with Crippen LogP contribution in [-0.2, 0) is 0 Å². The van der Waals surface area contributed by atoms with Gasteiger partial charge < -0.3 is 4.90 Å². The van der Waals surface area contributed by atoms with E-state index in [1.54, 1.807) is 16.2 Å². The lowest BCUT2D eigenvalue weighted by Gasteiger charge is -2.23. The van der Waals surface area contributed by atoms with Crippen LogP contribution < -0.4 is 0 Å². The molecule has 3 rings (SSSR count). The molecule has 0 unspecified atom stereocenters. The van der Waals surface area contributed by atoms with Crippen molar-refractivity contribution in [2.75, 3.05) is 7.05 Å². The van der Waals surface area contributed by atoms with Gasteiger partial charge in [0.15, 0.2) is 0 Å². The minimum Gasteiger partial charge on any atom is -0.333 e. The Balaban J connectivity index is 1.87. The lowest BCUT2D eigenvalue weighted by atomic mass is 10.2. The van der Waals surface area contributed by atoms with Crippen molar-refractivity contribution < 1.29 is 4.79 Å². The van der Waals surface area contributed by atoms with Crippen LogP contribution in [-0.4, -0.2) is 22.8 Å². The first kappa shape index (κ1) is 15.4. The van der Waals surface area contributed by atoms with Crippen LogP contribution in [0.25, 0.3) is 10.2 Å². The highest BCUT2D eigenvalue weighted by Crippen LogP contribution is 2.29. The Hall–Kier alpha value is -1.47. The van der Waals surface area contributed by atoms with Gasteiger partial charge >= 0.3 is 0 Å². The van der Waals surface area contributed by atoms with E-state index in [1.807, 2.05) is 56.4 Å². The molecule has 22 heavy (non-hydrogen) atoms. The molecule has 1 amide bonds. The fraction of sp³-hybridized carbons (Fsp3) is 0.176. The Bertz CT molecular complexity index is 797. The zero-order valence-corrected chi connectivity index (χ0v) is 15.3. The molecule has 2 aromatic carbocycles. The molecule has 0 bridgehead atoms. The quantitative estimate of drug-likeness (QED) is 0.572. The fourth-order valence-corrected chi connectivity index (χ4v) is 3.84. The molecule has 0 saturated carbocycles. The van der Waals surface area contributed by atoms with Crippen LogP contribution in [0.2, 0.25) is 0 Å². The molecule has 1 atom stereocenters. The van der Waals surface area contributed by atoms with E-state index in [-0.39, 0.29) is 11.9 Å². The summed E-state index contributed by atoms with van der Waals surface area (Å²) in [6.07, 6.45) is 0. The van der Waals surface area contributed by atoms with Crippen LogP contribution in [0.15, 0.2) is 48.5 Å². The van der Waals surface area contributed by atoms with Crippen molar-refractivity contribution in [1.82, 2.24) is 9.88 Å². The molecule has 1 aromatic heterocycles. The number of aromatic nitrogens is 1. The summed E-state index contributed by atoms with van der Waals surface area (Å²) < 4.78 is 2.21. The Morgan fingerprint density at radius 2 is 2.00 bits per heavy atom. The predicted octanol–water partition coefficient (Wildman–Crippen LogP) is 4.73. The second-order valence-corrected chi connectivity index (χ2v) is 7.43. The minimum absolute atomic E-state index is 0.0188. The van der Waals surface area contributed by atoms with Crippen molar-refractivity contribution in [1.29, 1.82) is 0 Å². The number of benzene rings is 2. The molecule has 112 valence electrons. The number of fused-ring (bicyclic) bond motifs is 1. The van der Waals surface area contributed by atoms with Gasteiger partial charge in [-0.15, -0.1) is 11.3 Å². The van der Waals surface area contributed by atoms with E-state index in [0.29, 0.717) is 5.56 Å².